The summed E-state index contributed by atoms with van der Waals surface area (Å²) in [6.07, 6.45) is 6.28. The Morgan fingerprint density at radius 3 is 2.48 bits per heavy atom. The number of fused-ring (bicyclic) bond motifs is 1. The van der Waals surface area contributed by atoms with Crippen molar-refractivity contribution in [2.75, 3.05) is 0 Å². The second-order valence-electron chi connectivity index (χ2n) is 6.40. The molecular weight excluding hydrogens is 278 g/mol. The molecule has 0 bridgehead atoms. The standard InChI is InChI=1S/C22H23N/c1-17(2)16-20(13-12-18-8-4-3-5-9-18)22-21-11-7-6-10-19(21)14-15-23-22/h3-11,13-15,17H,12,16H2,1-2H3. The molecule has 0 atom stereocenters. The molecule has 0 fully saturated rings. The lowest BCUT2D eigenvalue weighted by molar-refractivity contribution is 0.672. The van der Waals surface area contributed by atoms with Gasteiger partial charge in [-0.25, -0.2) is 0 Å². The SMILES string of the molecule is CC(C)CC(=CCc1ccccc1)c1nccc2ccccc12. The van der Waals surface area contributed by atoms with Crippen molar-refractivity contribution in [3.63, 3.8) is 0 Å². The number of nitrogens with zero attached hydrogens (tertiary/aromatic N) is 1. The maximum atomic E-state index is 4.70. The van der Waals surface area contributed by atoms with Crippen LogP contribution in [0.3, 0.4) is 0 Å². The van der Waals surface area contributed by atoms with Crippen molar-refractivity contribution in [3.8, 4) is 0 Å². The molecule has 0 saturated carbocycles. The highest BCUT2D eigenvalue weighted by atomic mass is 14.7. The van der Waals surface area contributed by atoms with Gasteiger partial charge in [0, 0.05) is 11.6 Å². The van der Waals surface area contributed by atoms with Gasteiger partial charge in [0.25, 0.3) is 0 Å². The minimum absolute atomic E-state index is 0.609. The molecule has 2 aromatic carbocycles. The highest BCUT2D eigenvalue weighted by molar-refractivity contribution is 5.92. The van der Waals surface area contributed by atoms with E-state index >= 15 is 0 Å². The van der Waals surface area contributed by atoms with Crippen LogP contribution in [-0.2, 0) is 6.42 Å². The van der Waals surface area contributed by atoms with Crippen molar-refractivity contribution in [1.29, 1.82) is 0 Å². The van der Waals surface area contributed by atoms with E-state index < -0.39 is 0 Å². The van der Waals surface area contributed by atoms with Crippen LogP contribution in [0.15, 0.2) is 72.9 Å². The van der Waals surface area contributed by atoms with Gasteiger partial charge in [0.1, 0.15) is 0 Å². The van der Waals surface area contributed by atoms with E-state index in [1.165, 1.54) is 21.9 Å². The molecule has 0 aliphatic carbocycles. The molecule has 1 aromatic heterocycles. The number of rotatable bonds is 5. The summed E-state index contributed by atoms with van der Waals surface area (Å²) in [5.41, 5.74) is 3.82. The molecule has 0 aliphatic heterocycles. The van der Waals surface area contributed by atoms with Crippen molar-refractivity contribution in [3.05, 3.63) is 84.2 Å². The minimum atomic E-state index is 0.609. The fourth-order valence-corrected chi connectivity index (χ4v) is 2.95. The monoisotopic (exact) mass is 301 g/mol. The third-order valence-corrected chi connectivity index (χ3v) is 4.03. The van der Waals surface area contributed by atoms with Crippen LogP contribution in [-0.4, -0.2) is 4.98 Å². The zero-order valence-corrected chi connectivity index (χ0v) is 13.9. The molecule has 0 radical (unpaired) electrons. The molecular formula is C22H23N. The fourth-order valence-electron chi connectivity index (χ4n) is 2.95. The Kier molecular flexibility index (Phi) is 4.87. The molecule has 1 nitrogen and oxygen atoms in total. The topological polar surface area (TPSA) is 12.9 Å². The van der Waals surface area contributed by atoms with Crippen LogP contribution in [0.25, 0.3) is 16.3 Å². The second kappa shape index (κ2) is 7.23. The Morgan fingerprint density at radius 1 is 0.957 bits per heavy atom. The van der Waals surface area contributed by atoms with Crippen LogP contribution in [0.5, 0.6) is 0 Å². The van der Waals surface area contributed by atoms with Gasteiger partial charge in [-0.2, -0.15) is 0 Å². The van der Waals surface area contributed by atoms with Crippen molar-refractivity contribution in [2.45, 2.75) is 26.7 Å². The molecule has 3 rings (SSSR count). The predicted molar refractivity (Wildman–Crippen MR) is 99.3 cm³/mol. The van der Waals surface area contributed by atoms with Crippen molar-refractivity contribution < 1.29 is 0 Å². The number of pyridine rings is 1. The fraction of sp³-hybridized carbons (Fsp3) is 0.227. The zero-order chi connectivity index (χ0) is 16.1. The number of hydrogen-bond donors (Lipinski definition) is 0. The Balaban J connectivity index is 2.01. The minimum Gasteiger partial charge on any atom is -0.256 e. The Morgan fingerprint density at radius 2 is 1.70 bits per heavy atom. The molecule has 0 aliphatic rings. The quantitative estimate of drug-likeness (QED) is 0.571. The normalized spacial score (nSPS) is 12.0. The highest BCUT2D eigenvalue weighted by Crippen LogP contribution is 2.28. The maximum Gasteiger partial charge on any atom is 0.0736 e. The summed E-state index contributed by atoms with van der Waals surface area (Å²) in [5, 5.41) is 2.50. The molecule has 0 N–H and O–H groups in total. The molecule has 0 amide bonds. The molecule has 0 unspecified atom stereocenters. The maximum absolute atomic E-state index is 4.70. The summed E-state index contributed by atoms with van der Waals surface area (Å²) in [4.78, 5) is 4.70. The molecule has 116 valence electrons. The first-order chi connectivity index (χ1) is 11.2. The van der Waals surface area contributed by atoms with E-state index in [0.717, 1.165) is 18.5 Å². The number of benzene rings is 2. The van der Waals surface area contributed by atoms with Crippen LogP contribution in [0, 0.1) is 5.92 Å². The molecule has 23 heavy (non-hydrogen) atoms. The third-order valence-electron chi connectivity index (χ3n) is 4.03. The van der Waals surface area contributed by atoms with Crippen molar-refractivity contribution in [1.82, 2.24) is 4.98 Å². The average Bonchev–Trinajstić information content (AvgIpc) is 2.59. The largest absolute Gasteiger partial charge is 0.256 e. The van der Waals surface area contributed by atoms with Gasteiger partial charge in [-0.05, 0) is 41.3 Å². The molecule has 0 spiro atoms. The van der Waals surface area contributed by atoms with E-state index in [0.29, 0.717) is 5.92 Å². The first-order valence-electron chi connectivity index (χ1n) is 8.31. The van der Waals surface area contributed by atoms with Crippen molar-refractivity contribution in [2.24, 2.45) is 5.92 Å². The first kappa shape index (κ1) is 15.5. The van der Waals surface area contributed by atoms with Gasteiger partial charge >= 0.3 is 0 Å². The zero-order valence-electron chi connectivity index (χ0n) is 13.9. The van der Waals surface area contributed by atoms with E-state index in [2.05, 4.69) is 80.6 Å². The van der Waals surface area contributed by atoms with Crippen LogP contribution in [0.1, 0.15) is 31.5 Å². The van der Waals surface area contributed by atoms with Gasteiger partial charge in [-0.1, -0.05) is 74.5 Å². The summed E-state index contributed by atoms with van der Waals surface area (Å²) < 4.78 is 0. The third kappa shape index (κ3) is 3.87. The van der Waals surface area contributed by atoms with Gasteiger partial charge in [-0.3, -0.25) is 4.98 Å². The van der Waals surface area contributed by atoms with Crippen LogP contribution in [0.2, 0.25) is 0 Å². The Hall–Kier alpha value is -2.41. The van der Waals surface area contributed by atoms with Gasteiger partial charge in [0.15, 0.2) is 0 Å². The van der Waals surface area contributed by atoms with E-state index in [-0.39, 0.29) is 0 Å². The van der Waals surface area contributed by atoms with E-state index in [9.17, 15) is 0 Å². The Bertz CT molecular complexity index is 795. The van der Waals surface area contributed by atoms with Crippen LogP contribution in [0.4, 0.5) is 0 Å². The van der Waals surface area contributed by atoms with E-state index in [1.54, 1.807) is 0 Å². The number of aromatic nitrogens is 1. The van der Waals surface area contributed by atoms with Crippen molar-refractivity contribution >= 4 is 16.3 Å². The summed E-state index contributed by atoms with van der Waals surface area (Å²) in [6.45, 7) is 4.53. The molecule has 3 aromatic rings. The molecule has 1 heterocycles. The Labute approximate surface area is 138 Å². The first-order valence-corrected chi connectivity index (χ1v) is 8.31. The highest BCUT2D eigenvalue weighted by Gasteiger charge is 2.10. The lowest BCUT2D eigenvalue weighted by Gasteiger charge is -2.13. The summed E-state index contributed by atoms with van der Waals surface area (Å²) in [6, 6.07) is 21.2. The van der Waals surface area contributed by atoms with E-state index in [1.807, 2.05) is 6.20 Å². The smallest absolute Gasteiger partial charge is 0.0736 e. The summed E-state index contributed by atoms with van der Waals surface area (Å²) in [7, 11) is 0. The number of allylic oxidation sites excluding steroid dienone is 2. The number of hydrogen-bond acceptors (Lipinski definition) is 1. The average molecular weight is 301 g/mol. The van der Waals surface area contributed by atoms with Crippen LogP contribution >= 0.6 is 0 Å². The lowest BCUT2D eigenvalue weighted by Crippen LogP contribution is -1.97. The van der Waals surface area contributed by atoms with E-state index in [4.69, 9.17) is 4.98 Å². The van der Waals surface area contributed by atoms with Gasteiger partial charge in [-0.15, -0.1) is 0 Å². The predicted octanol–water partition coefficient (Wildman–Crippen LogP) is 5.91. The van der Waals surface area contributed by atoms with Gasteiger partial charge < -0.3 is 0 Å². The second-order valence-corrected chi connectivity index (χ2v) is 6.40. The lowest BCUT2D eigenvalue weighted by atomic mass is 9.95. The van der Waals surface area contributed by atoms with Gasteiger partial charge in [0.05, 0.1) is 5.69 Å². The molecule has 0 saturated heterocycles. The van der Waals surface area contributed by atoms with Crippen LogP contribution < -0.4 is 0 Å². The summed E-state index contributed by atoms with van der Waals surface area (Å²) in [5.74, 6) is 0.609. The summed E-state index contributed by atoms with van der Waals surface area (Å²) >= 11 is 0. The molecule has 1 heteroatoms. The van der Waals surface area contributed by atoms with Gasteiger partial charge in [0.2, 0.25) is 0 Å².